The molecule has 2 atom stereocenters. The van der Waals surface area contributed by atoms with Gasteiger partial charge in [0.2, 0.25) is 6.29 Å². The molecule has 1 aromatic heterocycles. The maximum atomic E-state index is 12.7. The van der Waals surface area contributed by atoms with Gasteiger partial charge in [-0.25, -0.2) is 0 Å². The third-order valence-electron chi connectivity index (χ3n) is 4.12. The normalized spacial score (nSPS) is 19.0. The second-order valence-electron chi connectivity index (χ2n) is 6.19. The fourth-order valence-electron chi connectivity index (χ4n) is 2.82. The van der Waals surface area contributed by atoms with Crippen molar-refractivity contribution in [1.29, 1.82) is 0 Å². The molecule has 0 aliphatic carbocycles. The van der Waals surface area contributed by atoms with E-state index in [1.54, 1.807) is 29.5 Å². The van der Waals surface area contributed by atoms with E-state index in [1.807, 2.05) is 16.8 Å². The van der Waals surface area contributed by atoms with E-state index in [2.05, 4.69) is 5.32 Å². The van der Waals surface area contributed by atoms with Crippen LogP contribution in [-0.4, -0.2) is 48.8 Å². The summed E-state index contributed by atoms with van der Waals surface area (Å²) in [5.74, 6) is -0.174. The first kappa shape index (κ1) is 20.3. The Hall–Kier alpha value is -2.39. The number of phenolic OH excluding ortho intramolecular Hbond substituents is 1. The summed E-state index contributed by atoms with van der Waals surface area (Å²) in [6, 6.07) is 8.34. The summed E-state index contributed by atoms with van der Waals surface area (Å²) >= 11 is 1.59. The molecule has 0 bridgehead atoms. The molecule has 1 aromatic carbocycles. The van der Waals surface area contributed by atoms with Gasteiger partial charge in [-0.15, -0.1) is 0 Å². The van der Waals surface area contributed by atoms with Crippen molar-refractivity contribution in [3.8, 4) is 5.75 Å². The molecule has 0 unspecified atom stereocenters. The predicted molar refractivity (Wildman–Crippen MR) is 105 cm³/mol. The number of rotatable bonds is 9. The minimum absolute atomic E-state index is 0.00622. The molecule has 2 aromatic rings. The number of thiophene rings is 1. The van der Waals surface area contributed by atoms with Crippen LogP contribution in [0.1, 0.15) is 17.9 Å². The van der Waals surface area contributed by atoms with E-state index < -0.39 is 12.2 Å². The Morgan fingerprint density at radius 1 is 1.29 bits per heavy atom. The third kappa shape index (κ3) is 5.80. The topological polar surface area (TPSA) is 97.3 Å². The van der Waals surface area contributed by atoms with Crippen molar-refractivity contribution >= 4 is 22.9 Å². The molecule has 28 heavy (non-hydrogen) atoms. The van der Waals surface area contributed by atoms with Crippen LogP contribution in [0.25, 0.3) is 0 Å². The highest BCUT2D eigenvalue weighted by Gasteiger charge is 2.29. The van der Waals surface area contributed by atoms with Gasteiger partial charge in [0.05, 0.1) is 26.4 Å². The number of hydrogen-bond acceptors (Lipinski definition) is 7. The van der Waals surface area contributed by atoms with E-state index in [1.165, 1.54) is 12.1 Å². The Bertz CT molecular complexity index is 792. The lowest BCUT2D eigenvalue weighted by Crippen LogP contribution is -2.30. The van der Waals surface area contributed by atoms with Gasteiger partial charge in [0.25, 0.3) is 5.91 Å². The molecular formula is C20H23NO6S. The second kappa shape index (κ2) is 10.2. The van der Waals surface area contributed by atoms with E-state index in [0.29, 0.717) is 25.3 Å². The van der Waals surface area contributed by atoms with Crippen molar-refractivity contribution in [3.05, 3.63) is 58.5 Å². The Kier molecular flexibility index (Phi) is 7.44. The quantitative estimate of drug-likeness (QED) is 0.555. The van der Waals surface area contributed by atoms with E-state index in [4.69, 9.17) is 19.3 Å². The molecule has 3 N–H and O–H groups in total. The number of anilines is 1. The molecule has 3 rings (SSSR count). The van der Waals surface area contributed by atoms with Gasteiger partial charge in [0, 0.05) is 24.1 Å². The van der Waals surface area contributed by atoms with Gasteiger partial charge in [0.1, 0.15) is 5.75 Å². The Labute approximate surface area is 167 Å². The van der Waals surface area contributed by atoms with Crippen LogP contribution < -0.4 is 5.32 Å². The number of benzene rings is 1. The van der Waals surface area contributed by atoms with Gasteiger partial charge in [0.15, 0.2) is 5.76 Å². The van der Waals surface area contributed by atoms with Gasteiger partial charge in [-0.1, -0.05) is 6.07 Å². The van der Waals surface area contributed by atoms with E-state index in [-0.39, 0.29) is 30.6 Å². The first-order valence-electron chi connectivity index (χ1n) is 8.97. The van der Waals surface area contributed by atoms with Gasteiger partial charge < -0.3 is 29.7 Å². The lowest BCUT2D eigenvalue weighted by molar-refractivity contribution is -0.148. The van der Waals surface area contributed by atoms with Crippen LogP contribution in [0.4, 0.5) is 5.69 Å². The number of carbonyl (C=O) groups is 1. The van der Waals surface area contributed by atoms with Gasteiger partial charge in [-0.2, -0.15) is 11.3 Å². The average Bonchev–Trinajstić information content (AvgIpc) is 3.22. The van der Waals surface area contributed by atoms with Crippen molar-refractivity contribution in [1.82, 2.24) is 0 Å². The summed E-state index contributed by atoms with van der Waals surface area (Å²) in [5, 5.41) is 25.0. The van der Waals surface area contributed by atoms with Crippen LogP contribution in [0.2, 0.25) is 0 Å². The largest absolute Gasteiger partial charge is 0.508 e. The van der Waals surface area contributed by atoms with Crippen molar-refractivity contribution < 1.29 is 29.2 Å². The van der Waals surface area contributed by atoms with Crippen molar-refractivity contribution in [2.75, 3.05) is 31.7 Å². The fourth-order valence-corrected chi connectivity index (χ4v) is 3.54. The number of aromatic hydroxyl groups is 1. The maximum Gasteiger partial charge on any atom is 0.290 e. The Morgan fingerprint density at radius 3 is 2.93 bits per heavy atom. The Balaban J connectivity index is 1.67. The lowest BCUT2D eigenvalue weighted by Gasteiger charge is -2.29. The number of hydrogen-bond donors (Lipinski definition) is 3. The first-order chi connectivity index (χ1) is 13.7. The zero-order valence-electron chi connectivity index (χ0n) is 15.2. The molecule has 0 radical (unpaired) electrons. The molecule has 150 valence electrons. The summed E-state index contributed by atoms with van der Waals surface area (Å²) < 4.78 is 16.7. The SMILES string of the molecule is O=C(Nc1cccc(O)c1)C1=C[C@H](c2ccsc2)C[C@H](OCCOCCO)O1. The highest BCUT2D eigenvalue weighted by Crippen LogP contribution is 2.33. The third-order valence-corrected chi connectivity index (χ3v) is 4.83. The number of allylic oxidation sites excluding steroid dienone is 1. The van der Waals surface area contributed by atoms with E-state index in [9.17, 15) is 9.90 Å². The highest BCUT2D eigenvalue weighted by molar-refractivity contribution is 7.08. The van der Waals surface area contributed by atoms with Crippen molar-refractivity contribution in [3.63, 3.8) is 0 Å². The van der Waals surface area contributed by atoms with Crippen LogP contribution in [0.15, 0.2) is 52.9 Å². The van der Waals surface area contributed by atoms with Crippen LogP contribution in [0.3, 0.4) is 0 Å². The summed E-state index contributed by atoms with van der Waals surface area (Å²) in [7, 11) is 0. The summed E-state index contributed by atoms with van der Waals surface area (Å²) in [6.45, 7) is 0.840. The number of aliphatic hydroxyl groups excluding tert-OH is 1. The number of nitrogens with one attached hydrogen (secondary N) is 1. The predicted octanol–water partition coefficient (Wildman–Crippen LogP) is 2.83. The van der Waals surface area contributed by atoms with Crippen LogP contribution in [0.5, 0.6) is 5.75 Å². The molecule has 0 spiro atoms. The number of phenols is 1. The highest BCUT2D eigenvalue weighted by atomic mass is 32.1. The minimum atomic E-state index is -0.586. The van der Waals surface area contributed by atoms with Gasteiger partial charge in [-0.05, 0) is 40.6 Å². The fraction of sp³-hybridized carbons (Fsp3) is 0.350. The first-order valence-corrected chi connectivity index (χ1v) is 9.91. The zero-order valence-corrected chi connectivity index (χ0v) is 16.1. The molecule has 0 fully saturated rings. The molecular weight excluding hydrogens is 382 g/mol. The molecule has 1 aliphatic heterocycles. The Morgan fingerprint density at radius 2 is 2.18 bits per heavy atom. The van der Waals surface area contributed by atoms with E-state index >= 15 is 0 Å². The smallest absolute Gasteiger partial charge is 0.290 e. The van der Waals surface area contributed by atoms with Crippen molar-refractivity contribution in [2.24, 2.45) is 0 Å². The zero-order chi connectivity index (χ0) is 19.8. The molecule has 0 saturated carbocycles. The van der Waals surface area contributed by atoms with Crippen LogP contribution in [-0.2, 0) is 19.0 Å². The van der Waals surface area contributed by atoms with Gasteiger partial charge in [-0.3, -0.25) is 4.79 Å². The van der Waals surface area contributed by atoms with Crippen LogP contribution >= 0.6 is 11.3 Å². The number of aliphatic hydroxyl groups is 1. The lowest BCUT2D eigenvalue weighted by atomic mass is 9.95. The molecule has 0 saturated heterocycles. The monoisotopic (exact) mass is 405 g/mol. The molecule has 7 nitrogen and oxygen atoms in total. The standard InChI is InChI=1S/C20H23NO6S/c22-5-6-25-7-8-26-19-11-15(14-4-9-28-13-14)10-18(27-19)20(24)21-16-2-1-3-17(23)12-16/h1-4,9-10,12-13,15,19,22-23H,5-8,11H2,(H,21,24)/t15-,19+/m0/s1. The average molecular weight is 405 g/mol. The molecule has 8 heteroatoms. The van der Waals surface area contributed by atoms with Crippen LogP contribution in [0, 0.1) is 0 Å². The molecule has 2 heterocycles. The van der Waals surface area contributed by atoms with Crippen molar-refractivity contribution in [2.45, 2.75) is 18.6 Å². The molecule has 1 aliphatic rings. The summed E-state index contributed by atoms with van der Waals surface area (Å²) in [4.78, 5) is 12.7. The number of carbonyl (C=O) groups excluding carboxylic acids is 1. The van der Waals surface area contributed by atoms with E-state index in [0.717, 1.165) is 5.56 Å². The second-order valence-corrected chi connectivity index (χ2v) is 6.97. The van der Waals surface area contributed by atoms with Gasteiger partial charge >= 0.3 is 0 Å². The molecule has 1 amide bonds. The minimum Gasteiger partial charge on any atom is -0.508 e. The number of ether oxygens (including phenoxy) is 3. The maximum absolute atomic E-state index is 12.7. The summed E-state index contributed by atoms with van der Waals surface area (Å²) in [6.07, 6.45) is 1.79. The summed E-state index contributed by atoms with van der Waals surface area (Å²) in [5.41, 5.74) is 1.57. The number of amides is 1.